The number of nitrogens with zero attached hydrogens (tertiary/aromatic N) is 4. The Morgan fingerprint density at radius 2 is 1.96 bits per heavy atom. The lowest BCUT2D eigenvalue weighted by molar-refractivity contribution is -0.107. The van der Waals surface area contributed by atoms with E-state index in [1.807, 2.05) is 37.7 Å². The van der Waals surface area contributed by atoms with Gasteiger partial charge in [0.1, 0.15) is 6.29 Å². The Hall–Kier alpha value is -2.76. The van der Waals surface area contributed by atoms with Crippen LogP contribution in [0.4, 0.5) is 0 Å². The van der Waals surface area contributed by atoms with Gasteiger partial charge in [0.25, 0.3) is 5.89 Å². The maximum Gasteiger partial charge on any atom is 0.279 e. The topological polar surface area (TPSA) is 73.8 Å². The van der Waals surface area contributed by atoms with Crippen molar-refractivity contribution in [3.05, 3.63) is 40.1 Å². The Labute approximate surface area is 165 Å². The van der Waals surface area contributed by atoms with Crippen LogP contribution in [0.15, 0.2) is 16.7 Å². The standard InChI is InChI=1S/C22H26N4O2/c1-13-10-15(11-14(2)16(13)7-9-27)20-23-21(28-25-20)19-17-6-8-22(3,4)12-18(17)26(5)24-19/h9-11H,6-8,12H2,1-5H3. The van der Waals surface area contributed by atoms with Gasteiger partial charge >= 0.3 is 0 Å². The highest BCUT2D eigenvalue weighted by atomic mass is 16.5. The molecule has 146 valence electrons. The van der Waals surface area contributed by atoms with Crippen molar-refractivity contribution in [2.24, 2.45) is 12.5 Å². The molecule has 3 aromatic rings. The molecule has 0 amide bonds. The quantitative estimate of drug-likeness (QED) is 0.641. The Morgan fingerprint density at radius 3 is 2.64 bits per heavy atom. The van der Waals surface area contributed by atoms with E-state index >= 15 is 0 Å². The van der Waals surface area contributed by atoms with Crippen molar-refractivity contribution in [1.82, 2.24) is 19.9 Å². The van der Waals surface area contributed by atoms with Crippen molar-refractivity contribution in [2.75, 3.05) is 0 Å². The summed E-state index contributed by atoms with van der Waals surface area (Å²) in [5, 5.41) is 8.89. The zero-order valence-corrected chi connectivity index (χ0v) is 17.2. The second-order valence-electron chi connectivity index (χ2n) is 8.62. The number of hydrogen-bond donors (Lipinski definition) is 0. The second-order valence-corrected chi connectivity index (χ2v) is 8.62. The number of aldehydes is 1. The van der Waals surface area contributed by atoms with E-state index < -0.39 is 0 Å². The monoisotopic (exact) mass is 378 g/mol. The van der Waals surface area contributed by atoms with Gasteiger partial charge in [0.15, 0.2) is 5.69 Å². The molecule has 0 atom stereocenters. The minimum atomic E-state index is 0.288. The lowest BCUT2D eigenvalue weighted by atomic mass is 9.76. The second kappa shape index (κ2) is 6.69. The van der Waals surface area contributed by atoms with E-state index in [2.05, 4.69) is 24.0 Å². The average molecular weight is 378 g/mol. The van der Waals surface area contributed by atoms with Crippen LogP contribution >= 0.6 is 0 Å². The SMILES string of the molecule is Cc1cc(-c2noc(-c3nn(C)c4c3CCC(C)(C)C4)n2)cc(C)c1CC=O. The number of aromatic nitrogens is 4. The van der Waals surface area contributed by atoms with Crippen LogP contribution in [0.25, 0.3) is 23.0 Å². The van der Waals surface area contributed by atoms with Gasteiger partial charge in [0, 0.05) is 30.3 Å². The predicted molar refractivity (Wildman–Crippen MR) is 107 cm³/mol. The molecule has 6 nitrogen and oxygen atoms in total. The van der Waals surface area contributed by atoms with Gasteiger partial charge in [0.2, 0.25) is 5.82 Å². The number of benzene rings is 1. The summed E-state index contributed by atoms with van der Waals surface area (Å²) >= 11 is 0. The van der Waals surface area contributed by atoms with Gasteiger partial charge in [-0.25, -0.2) is 0 Å². The lowest BCUT2D eigenvalue weighted by Crippen LogP contribution is -2.23. The first kappa shape index (κ1) is 18.6. The van der Waals surface area contributed by atoms with Crippen LogP contribution in [0.3, 0.4) is 0 Å². The summed E-state index contributed by atoms with van der Waals surface area (Å²) in [6, 6.07) is 4.02. The van der Waals surface area contributed by atoms with Crippen LogP contribution < -0.4 is 0 Å². The summed E-state index contributed by atoms with van der Waals surface area (Å²) in [5.74, 6) is 1.02. The molecule has 1 aliphatic rings. The van der Waals surface area contributed by atoms with Gasteiger partial charge in [-0.1, -0.05) is 19.0 Å². The molecule has 0 radical (unpaired) electrons. The molecule has 0 bridgehead atoms. The van der Waals surface area contributed by atoms with E-state index in [-0.39, 0.29) is 5.41 Å². The summed E-state index contributed by atoms with van der Waals surface area (Å²) in [5.41, 5.74) is 7.65. The maximum absolute atomic E-state index is 10.9. The van der Waals surface area contributed by atoms with Crippen LogP contribution in [0.2, 0.25) is 0 Å². The molecule has 4 rings (SSSR count). The van der Waals surface area contributed by atoms with E-state index in [1.54, 1.807) is 0 Å². The van der Waals surface area contributed by atoms with E-state index in [4.69, 9.17) is 9.62 Å². The largest absolute Gasteiger partial charge is 0.332 e. The highest BCUT2D eigenvalue weighted by Crippen LogP contribution is 2.38. The van der Waals surface area contributed by atoms with Gasteiger partial charge in [-0.3, -0.25) is 4.68 Å². The van der Waals surface area contributed by atoms with Gasteiger partial charge in [-0.2, -0.15) is 10.1 Å². The molecular weight excluding hydrogens is 352 g/mol. The van der Waals surface area contributed by atoms with Crippen LogP contribution in [-0.2, 0) is 31.1 Å². The van der Waals surface area contributed by atoms with Crippen molar-refractivity contribution >= 4 is 6.29 Å². The number of carbonyl (C=O) groups excluding carboxylic acids is 1. The molecule has 2 heterocycles. The first-order valence-corrected chi connectivity index (χ1v) is 9.72. The normalized spacial score (nSPS) is 15.5. The number of fused-ring (bicyclic) bond motifs is 1. The van der Waals surface area contributed by atoms with E-state index in [9.17, 15) is 4.79 Å². The first-order valence-electron chi connectivity index (χ1n) is 9.72. The number of hydrogen-bond acceptors (Lipinski definition) is 5. The van der Waals surface area contributed by atoms with Crippen molar-refractivity contribution in [1.29, 1.82) is 0 Å². The van der Waals surface area contributed by atoms with Crippen LogP contribution in [-0.4, -0.2) is 26.2 Å². The summed E-state index contributed by atoms with van der Waals surface area (Å²) in [7, 11) is 1.99. The minimum Gasteiger partial charge on any atom is -0.332 e. The fourth-order valence-corrected chi connectivity index (χ4v) is 4.23. The maximum atomic E-state index is 10.9. The van der Waals surface area contributed by atoms with Crippen LogP contribution in [0, 0.1) is 19.3 Å². The van der Waals surface area contributed by atoms with E-state index in [0.717, 1.165) is 53.5 Å². The Morgan fingerprint density at radius 1 is 1.25 bits per heavy atom. The highest BCUT2D eigenvalue weighted by molar-refractivity contribution is 5.65. The van der Waals surface area contributed by atoms with Crippen LogP contribution in [0.5, 0.6) is 0 Å². The van der Waals surface area contributed by atoms with Crippen LogP contribution in [0.1, 0.15) is 48.2 Å². The third kappa shape index (κ3) is 3.17. The summed E-state index contributed by atoms with van der Waals surface area (Å²) in [6.45, 7) is 8.61. The predicted octanol–water partition coefficient (Wildman–Crippen LogP) is 4.01. The minimum absolute atomic E-state index is 0.288. The molecular formula is C22H26N4O2. The molecule has 6 heteroatoms. The number of carbonyl (C=O) groups is 1. The highest BCUT2D eigenvalue weighted by Gasteiger charge is 2.32. The fraction of sp³-hybridized carbons (Fsp3) is 0.455. The molecule has 0 N–H and O–H groups in total. The Balaban J connectivity index is 1.71. The molecule has 0 spiro atoms. The molecule has 28 heavy (non-hydrogen) atoms. The van der Waals surface area contributed by atoms with Gasteiger partial charge < -0.3 is 9.32 Å². The molecule has 0 unspecified atom stereocenters. The molecule has 0 saturated carbocycles. The molecule has 1 aliphatic carbocycles. The summed E-state index contributed by atoms with van der Waals surface area (Å²) in [4.78, 5) is 15.5. The number of rotatable bonds is 4. The third-order valence-corrected chi connectivity index (χ3v) is 5.84. The Bertz CT molecular complexity index is 1040. The summed E-state index contributed by atoms with van der Waals surface area (Å²) in [6.07, 6.45) is 4.46. The Kier molecular flexibility index (Phi) is 4.44. The fourth-order valence-electron chi connectivity index (χ4n) is 4.23. The smallest absolute Gasteiger partial charge is 0.279 e. The molecule has 0 saturated heterocycles. The molecule has 2 aromatic heterocycles. The molecule has 0 aliphatic heterocycles. The molecule has 1 aromatic carbocycles. The van der Waals surface area contributed by atoms with Crippen molar-refractivity contribution in [3.8, 4) is 23.0 Å². The van der Waals surface area contributed by atoms with Gasteiger partial charge in [-0.05, 0) is 67.3 Å². The van der Waals surface area contributed by atoms with E-state index in [0.29, 0.717) is 18.1 Å². The zero-order valence-electron chi connectivity index (χ0n) is 17.2. The summed E-state index contributed by atoms with van der Waals surface area (Å²) < 4.78 is 7.56. The van der Waals surface area contributed by atoms with Gasteiger partial charge in [0.05, 0.1) is 0 Å². The van der Waals surface area contributed by atoms with Crippen molar-refractivity contribution in [2.45, 2.75) is 53.4 Å². The number of aryl methyl sites for hydroxylation is 3. The van der Waals surface area contributed by atoms with Crippen molar-refractivity contribution < 1.29 is 9.32 Å². The third-order valence-electron chi connectivity index (χ3n) is 5.84. The average Bonchev–Trinajstić information content (AvgIpc) is 3.22. The molecule has 0 fully saturated rings. The lowest BCUT2D eigenvalue weighted by Gasteiger charge is -2.29. The van der Waals surface area contributed by atoms with Gasteiger partial charge in [-0.15, -0.1) is 0 Å². The zero-order chi connectivity index (χ0) is 20.1. The van der Waals surface area contributed by atoms with E-state index in [1.165, 1.54) is 11.3 Å². The first-order chi connectivity index (χ1) is 13.3. The van der Waals surface area contributed by atoms with Crippen molar-refractivity contribution in [3.63, 3.8) is 0 Å².